The summed E-state index contributed by atoms with van der Waals surface area (Å²) in [5.74, 6) is 0.886. The smallest absolute Gasteiger partial charge is 0.273 e. The second kappa shape index (κ2) is 7.69. The third-order valence-electron chi connectivity index (χ3n) is 4.11. The minimum atomic E-state index is -0.509. The molecule has 2 aromatic carbocycles. The van der Waals surface area contributed by atoms with Crippen molar-refractivity contribution < 1.29 is 19.0 Å². The van der Waals surface area contributed by atoms with E-state index in [-0.39, 0.29) is 17.8 Å². The number of benzene rings is 2. The Bertz CT molecular complexity index is 979. The molecule has 1 amide bonds. The summed E-state index contributed by atoms with van der Waals surface area (Å²) in [6.07, 6.45) is 0. The van der Waals surface area contributed by atoms with Gasteiger partial charge in [-0.3, -0.25) is 14.9 Å². The van der Waals surface area contributed by atoms with Crippen LogP contribution in [0, 0.1) is 17.0 Å². The second-order valence-electron chi connectivity index (χ2n) is 5.80. The molecule has 1 aromatic heterocycles. The van der Waals surface area contributed by atoms with Crippen molar-refractivity contribution in [3.8, 4) is 17.1 Å². The SMILES string of the molecule is COc1ccc(-c2cc(CNC(=O)c3cccc([N+](=O)[O-])c3C)no2)cc1. The topological polar surface area (TPSA) is 108 Å². The van der Waals surface area contributed by atoms with E-state index in [9.17, 15) is 14.9 Å². The van der Waals surface area contributed by atoms with E-state index in [0.29, 0.717) is 17.0 Å². The summed E-state index contributed by atoms with van der Waals surface area (Å²) in [5, 5.41) is 17.6. The number of nitrogens with one attached hydrogen (secondary N) is 1. The number of carbonyl (C=O) groups excluding carboxylic acids is 1. The Morgan fingerprint density at radius 1 is 1.26 bits per heavy atom. The molecular formula is C19H17N3O5. The van der Waals surface area contributed by atoms with Crippen LogP contribution < -0.4 is 10.1 Å². The number of methoxy groups -OCH3 is 1. The summed E-state index contributed by atoms with van der Waals surface area (Å²) in [7, 11) is 1.59. The summed E-state index contributed by atoms with van der Waals surface area (Å²) in [5.41, 5.74) is 1.85. The van der Waals surface area contributed by atoms with Crippen molar-refractivity contribution in [3.63, 3.8) is 0 Å². The Balaban J connectivity index is 1.69. The lowest BCUT2D eigenvalue weighted by Gasteiger charge is -2.06. The van der Waals surface area contributed by atoms with Gasteiger partial charge in [-0.15, -0.1) is 0 Å². The number of carbonyl (C=O) groups is 1. The maximum atomic E-state index is 12.4. The van der Waals surface area contributed by atoms with Gasteiger partial charge in [-0.2, -0.15) is 0 Å². The largest absolute Gasteiger partial charge is 0.497 e. The summed E-state index contributed by atoms with van der Waals surface area (Å²) >= 11 is 0. The molecule has 0 atom stereocenters. The highest BCUT2D eigenvalue weighted by molar-refractivity contribution is 5.96. The highest BCUT2D eigenvalue weighted by Crippen LogP contribution is 2.23. The molecule has 3 aromatic rings. The molecule has 0 fully saturated rings. The summed E-state index contributed by atoms with van der Waals surface area (Å²) in [6, 6.07) is 13.4. The highest BCUT2D eigenvalue weighted by atomic mass is 16.6. The molecule has 0 unspecified atom stereocenters. The molecule has 0 aliphatic carbocycles. The molecule has 27 heavy (non-hydrogen) atoms. The van der Waals surface area contributed by atoms with Crippen LogP contribution in [-0.4, -0.2) is 23.1 Å². The summed E-state index contributed by atoms with van der Waals surface area (Å²) in [4.78, 5) is 22.8. The minimum Gasteiger partial charge on any atom is -0.497 e. The Kier molecular flexibility index (Phi) is 5.16. The lowest BCUT2D eigenvalue weighted by atomic mass is 10.1. The van der Waals surface area contributed by atoms with Gasteiger partial charge in [-0.25, -0.2) is 0 Å². The zero-order chi connectivity index (χ0) is 19.4. The lowest BCUT2D eigenvalue weighted by molar-refractivity contribution is -0.385. The molecule has 1 N–H and O–H groups in total. The van der Waals surface area contributed by atoms with E-state index in [0.717, 1.165) is 11.3 Å². The maximum absolute atomic E-state index is 12.4. The van der Waals surface area contributed by atoms with Crippen LogP contribution in [-0.2, 0) is 6.54 Å². The van der Waals surface area contributed by atoms with E-state index in [4.69, 9.17) is 9.26 Å². The van der Waals surface area contributed by atoms with Crippen molar-refractivity contribution in [1.29, 1.82) is 0 Å². The number of nitrogens with zero attached hydrogens (tertiary/aromatic N) is 2. The quantitative estimate of drug-likeness (QED) is 0.528. The van der Waals surface area contributed by atoms with E-state index >= 15 is 0 Å². The molecule has 0 saturated heterocycles. The van der Waals surface area contributed by atoms with Crippen molar-refractivity contribution in [2.45, 2.75) is 13.5 Å². The second-order valence-corrected chi connectivity index (χ2v) is 5.80. The van der Waals surface area contributed by atoms with Crippen LogP contribution >= 0.6 is 0 Å². The Labute approximate surface area is 154 Å². The molecule has 0 spiro atoms. The Morgan fingerprint density at radius 2 is 2.00 bits per heavy atom. The number of nitro benzene ring substituents is 1. The highest BCUT2D eigenvalue weighted by Gasteiger charge is 2.18. The van der Waals surface area contributed by atoms with Crippen LogP contribution in [0.4, 0.5) is 5.69 Å². The zero-order valence-electron chi connectivity index (χ0n) is 14.8. The third-order valence-corrected chi connectivity index (χ3v) is 4.11. The van der Waals surface area contributed by atoms with Gasteiger partial charge in [-0.05, 0) is 37.3 Å². The molecule has 138 valence electrons. The molecule has 0 saturated carbocycles. The number of ether oxygens (including phenoxy) is 1. The van der Waals surface area contributed by atoms with Gasteiger partial charge in [0.05, 0.1) is 18.6 Å². The molecule has 0 aliphatic heterocycles. The Hall–Kier alpha value is -3.68. The molecule has 8 heteroatoms. The molecule has 8 nitrogen and oxygen atoms in total. The van der Waals surface area contributed by atoms with Gasteiger partial charge < -0.3 is 14.6 Å². The standard InChI is InChI=1S/C19H17N3O5/c1-12-16(4-3-5-17(12)22(24)25)19(23)20-11-14-10-18(27-21-14)13-6-8-15(26-2)9-7-13/h3-10H,11H2,1-2H3,(H,20,23). The first-order valence-electron chi connectivity index (χ1n) is 8.12. The van der Waals surface area contributed by atoms with Gasteiger partial charge in [0.15, 0.2) is 5.76 Å². The lowest BCUT2D eigenvalue weighted by Crippen LogP contribution is -2.24. The van der Waals surface area contributed by atoms with Crippen LogP contribution in [0.5, 0.6) is 5.75 Å². The number of aromatic nitrogens is 1. The van der Waals surface area contributed by atoms with E-state index < -0.39 is 10.8 Å². The fourth-order valence-electron chi connectivity index (χ4n) is 2.62. The van der Waals surface area contributed by atoms with Crippen molar-refractivity contribution in [3.05, 3.63) is 75.5 Å². The monoisotopic (exact) mass is 367 g/mol. The van der Waals surface area contributed by atoms with Crippen LogP contribution in [0.2, 0.25) is 0 Å². The predicted molar refractivity (Wildman–Crippen MR) is 97.5 cm³/mol. The predicted octanol–water partition coefficient (Wildman–Crippen LogP) is 3.50. The van der Waals surface area contributed by atoms with Gasteiger partial charge in [-0.1, -0.05) is 11.2 Å². The fourth-order valence-corrected chi connectivity index (χ4v) is 2.62. The van der Waals surface area contributed by atoms with Crippen LogP contribution in [0.25, 0.3) is 11.3 Å². The number of hydrogen-bond acceptors (Lipinski definition) is 6. The number of nitro groups is 1. The number of hydrogen-bond donors (Lipinski definition) is 1. The van der Waals surface area contributed by atoms with Gasteiger partial charge in [0.2, 0.25) is 0 Å². The molecule has 3 rings (SSSR count). The molecule has 0 radical (unpaired) electrons. The first-order chi connectivity index (χ1) is 13.0. The van der Waals surface area contributed by atoms with Gasteiger partial charge in [0.1, 0.15) is 11.4 Å². The van der Waals surface area contributed by atoms with Crippen molar-refractivity contribution >= 4 is 11.6 Å². The van der Waals surface area contributed by atoms with Gasteiger partial charge in [0.25, 0.3) is 11.6 Å². The average Bonchev–Trinajstić information content (AvgIpc) is 3.15. The molecule has 1 heterocycles. The summed E-state index contributed by atoms with van der Waals surface area (Å²) in [6.45, 7) is 1.69. The van der Waals surface area contributed by atoms with Crippen LogP contribution in [0.3, 0.4) is 0 Å². The normalized spacial score (nSPS) is 10.4. The zero-order valence-corrected chi connectivity index (χ0v) is 14.8. The van der Waals surface area contributed by atoms with E-state index in [1.54, 1.807) is 26.2 Å². The summed E-state index contributed by atoms with van der Waals surface area (Å²) < 4.78 is 10.4. The van der Waals surface area contributed by atoms with Gasteiger partial charge >= 0.3 is 0 Å². The van der Waals surface area contributed by atoms with Crippen molar-refractivity contribution in [2.75, 3.05) is 7.11 Å². The van der Waals surface area contributed by atoms with Crippen molar-refractivity contribution in [1.82, 2.24) is 10.5 Å². The first-order valence-corrected chi connectivity index (χ1v) is 8.12. The number of rotatable bonds is 6. The van der Waals surface area contributed by atoms with Crippen LogP contribution in [0.15, 0.2) is 53.1 Å². The van der Waals surface area contributed by atoms with E-state index in [2.05, 4.69) is 10.5 Å². The molecule has 0 bridgehead atoms. The number of amides is 1. The van der Waals surface area contributed by atoms with Crippen LogP contribution in [0.1, 0.15) is 21.6 Å². The molecular weight excluding hydrogens is 350 g/mol. The molecule has 0 aliphatic rings. The fraction of sp³-hybridized carbons (Fsp3) is 0.158. The third kappa shape index (κ3) is 3.95. The van der Waals surface area contributed by atoms with E-state index in [1.807, 2.05) is 24.3 Å². The first kappa shape index (κ1) is 18.1. The van der Waals surface area contributed by atoms with Gasteiger partial charge in [0, 0.05) is 28.8 Å². The average molecular weight is 367 g/mol. The van der Waals surface area contributed by atoms with Crippen molar-refractivity contribution in [2.24, 2.45) is 0 Å². The van der Waals surface area contributed by atoms with E-state index in [1.165, 1.54) is 12.1 Å². The Morgan fingerprint density at radius 3 is 2.67 bits per heavy atom. The minimum absolute atomic E-state index is 0.0918. The maximum Gasteiger partial charge on any atom is 0.273 e.